The van der Waals surface area contributed by atoms with Gasteiger partial charge in [-0.05, 0) is 42.3 Å². The second kappa shape index (κ2) is 12.4. The van der Waals surface area contributed by atoms with E-state index in [1.165, 1.54) is 7.11 Å². The van der Waals surface area contributed by atoms with Crippen LogP contribution in [-0.4, -0.2) is 55.3 Å². The molecule has 1 aliphatic rings. The van der Waals surface area contributed by atoms with Crippen molar-refractivity contribution in [3.63, 3.8) is 0 Å². The molecule has 13 nitrogen and oxygen atoms in total. The van der Waals surface area contributed by atoms with Crippen molar-refractivity contribution in [2.75, 3.05) is 19.5 Å². The fraction of sp³-hybridized carbons (Fsp3) is 0.241. The minimum absolute atomic E-state index is 0.000302. The summed E-state index contributed by atoms with van der Waals surface area (Å²) in [5, 5.41) is 13.7. The zero-order valence-electron chi connectivity index (χ0n) is 23.5. The molecule has 44 heavy (non-hydrogen) atoms. The number of aliphatic carboxylic acids is 1. The third-order valence-electron chi connectivity index (χ3n) is 7.32. The lowest BCUT2D eigenvalue weighted by atomic mass is 10.1. The van der Waals surface area contributed by atoms with Gasteiger partial charge in [0.15, 0.2) is 11.2 Å². The molecule has 0 aliphatic heterocycles. The van der Waals surface area contributed by atoms with E-state index in [2.05, 4.69) is 41.0 Å². The predicted molar refractivity (Wildman–Crippen MR) is 167 cm³/mol. The summed E-state index contributed by atoms with van der Waals surface area (Å²) >= 11 is 3.37. The van der Waals surface area contributed by atoms with Crippen LogP contribution in [0.4, 0.5) is 5.95 Å². The number of halogens is 1. The number of aromatic nitrogens is 5. The summed E-state index contributed by atoms with van der Waals surface area (Å²) in [4.78, 5) is 28.3. The molecule has 0 radical (unpaired) electrons. The van der Waals surface area contributed by atoms with Crippen molar-refractivity contribution < 1.29 is 28.3 Å². The summed E-state index contributed by atoms with van der Waals surface area (Å²) in [5.74, 6) is -0.750. The second-order valence-electron chi connectivity index (χ2n) is 10.3. The number of anilines is 1. The van der Waals surface area contributed by atoms with Crippen LogP contribution in [0.15, 0.2) is 77.7 Å². The number of nitrogens with two attached hydrogens (primary N) is 1. The quantitative estimate of drug-likeness (QED) is 0.0995. The zero-order valence-corrected chi connectivity index (χ0v) is 25.9. The van der Waals surface area contributed by atoms with E-state index < -0.39 is 19.8 Å². The number of carboxylic acids is 1. The Morgan fingerprint density at radius 1 is 1.23 bits per heavy atom. The lowest BCUT2D eigenvalue weighted by molar-refractivity contribution is -0.139. The number of carbonyl (C=O) groups is 1. The van der Waals surface area contributed by atoms with Crippen molar-refractivity contribution in [3.05, 3.63) is 83.2 Å². The Labute approximate surface area is 260 Å². The van der Waals surface area contributed by atoms with E-state index >= 15 is 0 Å². The molecule has 1 unspecified atom stereocenters. The summed E-state index contributed by atoms with van der Waals surface area (Å²) in [7, 11) is -2.71. The van der Waals surface area contributed by atoms with E-state index in [9.17, 15) is 14.5 Å². The number of methoxy groups -OCH3 is 1. The first-order valence-corrected chi connectivity index (χ1v) is 16.0. The fourth-order valence-corrected chi connectivity index (χ4v) is 7.01. The number of nitrogen functional groups attached to an aromatic ring is 1. The van der Waals surface area contributed by atoms with Crippen LogP contribution in [0.25, 0.3) is 22.1 Å². The van der Waals surface area contributed by atoms with Gasteiger partial charge in [-0.3, -0.25) is 9.32 Å². The number of para-hydroxylation sites is 1. The van der Waals surface area contributed by atoms with Crippen LogP contribution in [0, 0.1) is 5.92 Å². The minimum atomic E-state index is -4.20. The van der Waals surface area contributed by atoms with E-state index in [4.69, 9.17) is 19.5 Å². The number of H-pyrrole nitrogens is 1. The van der Waals surface area contributed by atoms with Crippen LogP contribution in [0.1, 0.15) is 18.0 Å². The molecular weight excluding hydrogens is 653 g/mol. The van der Waals surface area contributed by atoms with Gasteiger partial charge in [0.25, 0.3) is 0 Å². The molecule has 3 aromatic heterocycles. The maximum atomic E-state index is 14.2. The number of allylic oxidation sites excluding steroid dienone is 1. The lowest BCUT2D eigenvalue weighted by Gasteiger charge is -2.25. The highest BCUT2D eigenvalue weighted by Crippen LogP contribution is 2.47. The number of carboxylic acid groups (broad SMARTS) is 1. The van der Waals surface area contributed by atoms with E-state index in [0.717, 1.165) is 20.9 Å². The molecule has 0 spiro atoms. The number of hydrogen-bond donors (Lipinski definition) is 4. The molecule has 15 heteroatoms. The topological polar surface area (TPSA) is 179 Å². The van der Waals surface area contributed by atoms with Crippen molar-refractivity contribution in [1.29, 1.82) is 0 Å². The van der Waals surface area contributed by atoms with E-state index in [-0.39, 0.29) is 42.6 Å². The lowest BCUT2D eigenvalue weighted by Crippen LogP contribution is -2.38. The summed E-state index contributed by atoms with van der Waals surface area (Å²) in [6.45, 7) is 0.000302. The summed E-state index contributed by atoms with van der Waals surface area (Å²) < 4.78 is 34.0. The van der Waals surface area contributed by atoms with Gasteiger partial charge in [0, 0.05) is 33.9 Å². The van der Waals surface area contributed by atoms with Gasteiger partial charge >= 0.3 is 13.7 Å². The Hall–Kier alpha value is -4.23. The standard InChI is InChI=1S/C29H29BrN7O6P/c1-41-27-25-26(34-29(31)35-27)37(16-33-25)20-9-6-17(12-20)15-42-44(40,43-21-10-7-19(30)8-11-21)36-24(28(38)39)13-18-14-32-23-5-3-2-4-22(18)23/h2-11,14,16-17,20,24,32H,12-13,15H2,1H3,(H,36,40)(H,38,39)(H2,31,34,35)/t17-,20+,24+,44?/m1/s1. The number of rotatable bonds is 12. The third-order valence-corrected chi connectivity index (χ3v) is 9.41. The monoisotopic (exact) mass is 681 g/mol. The second-order valence-corrected chi connectivity index (χ2v) is 12.9. The Bertz CT molecular complexity index is 1890. The number of benzene rings is 2. The number of imidazole rings is 1. The number of nitrogens with zero attached hydrogens (tertiary/aromatic N) is 4. The van der Waals surface area contributed by atoms with Crippen LogP contribution in [0.5, 0.6) is 11.6 Å². The van der Waals surface area contributed by atoms with Gasteiger partial charge in [-0.25, -0.2) is 9.55 Å². The van der Waals surface area contributed by atoms with Crippen molar-refractivity contribution in [2.24, 2.45) is 5.92 Å². The first-order chi connectivity index (χ1) is 21.2. The maximum absolute atomic E-state index is 14.2. The van der Waals surface area contributed by atoms with Crippen LogP contribution in [0.2, 0.25) is 0 Å². The van der Waals surface area contributed by atoms with Crippen molar-refractivity contribution in [1.82, 2.24) is 29.6 Å². The molecular formula is C29H29BrN7O6P. The van der Waals surface area contributed by atoms with Gasteiger partial charge in [0.2, 0.25) is 11.8 Å². The molecule has 0 saturated carbocycles. The average molecular weight is 682 g/mol. The van der Waals surface area contributed by atoms with Gasteiger partial charge in [-0.1, -0.05) is 46.3 Å². The van der Waals surface area contributed by atoms with E-state index in [0.29, 0.717) is 17.6 Å². The largest absolute Gasteiger partial charge is 0.480 e. The number of ether oxygens (including phenoxy) is 1. The summed E-state index contributed by atoms with van der Waals surface area (Å²) in [6, 6.07) is 12.9. The van der Waals surface area contributed by atoms with Gasteiger partial charge in [-0.15, -0.1) is 0 Å². The van der Waals surface area contributed by atoms with Crippen LogP contribution < -0.4 is 20.1 Å². The third kappa shape index (κ3) is 6.34. The number of nitrogens with one attached hydrogen (secondary N) is 2. The fourth-order valence-electron chi connectivity index (χ4n) is 5.19. The smallest absolute Gasteiger partial charge is 0.459 e. The Kier molecular flexibility index (Phi) is 8.41. The van der Waals surface area contributed by atoms with Gasteiger partial charge in [0.1, 0.15) is 11.8 Å². The molecule has 3 heterocycles. The predicted octanol–water partition coefficient (Wildman–Crippen LogP) is 5.27. The minimum Gasteiger partial charge on any atom is -0.480 e. The molecule has 0 saturated heterocycles. The highest BCUT2D eigenvalue weighted by molar-refractivity contribution is 9.10. The average Bonchev–Trinajstić information content (AvgIpc) is 3.75. The van der Waals surface area contributed by atoms with Gasteiger partial charge < -0.3 is 29.7 Å². The zero-order chi connectivity index (χ0) is 30.8. The molecule has 4 atom stereocenters. The van der Waals surface area contributed by atoms with Crippen molar-refractivity contribution in [3.8, 4) is 11.6 Å². The molecule has 5 N–H and O–H groups in total. The van der Waals surface area contributed by atoms with Crippen LogP contribution in [0.3, 0.4) is 0 Å². The Morgan fingerprint density at radius 2 is 2.02 bits per heavy atom. The number of aromatic amines is 1. The molecule has 6 rings (SSSR count). The van der Waals surface area contributed by atoms with Crippen molar-refractivity contribution >= 4 is 57.7 Å². The molecule has 0 fully saturated rings. The highest BCUT2D eigenvalue weighted by Gasteiger charge is 2.36. The normalized spacial score (nSPS) is 18.4. The first-order valence-electron chi connectivity index (χ1n) is 13.7. The van der Waals surface area contributed by atoms with E-state index in [1.807, 2.05) is 41.0 Å². The van der Waals surface area contributed by atoms with Crippen LogP contribution >= 0.6 is 23.7 Å². The maximum Gasteiger partial charge on any atom is 0.459 e. The molecule has 1 aliphatic carbocycles. The Morgan fingerprint density at radius 3 is 2.80 bits per heavy atom. The van der Waals surface area contributed by atoms with Gasteiger partial charge in [0.05, 0.1) is 26.1 Å². The number of fused-ring (bicyclic) bond motifs is 2. The van der Waals surface area contributed by atoms with Gasteiger partial charge in [-0.2, -0.15) is 15.1 Å². The molecule has 5 aromatic rings. The Balaban J connectivity index is 1.20. The highest BCUT2D eigenvalue weighted by atomic mass is 79.9. The molecule has 228 valence electrons. The molecule has 0 amide bonds. The van der Waals surface area contributed by atoms with E-state index in [1.54, 1.807) is 36.8 Å². The number of hydrogen-bond acceptors (Lipinski definition) is 9. The van der Waals surface area contributed by atoms with Crippen molar-refractivity contribution in [2.45, 2.75) is 24.9 Å². The first kappa shape index (κ1) is 29.8. The molecule has 2 aromatic carbocycles. The summed E-state index contributed by atoms with van der Waals surface area (Å²) in [5.41, 5.74) is 8.51. The SMILES string of the molecule is COc1nc(N)nc2c1ncn2[C@H]1C=C[C@@H](COP(=O)(N[C@@H](Cc2c[nH]c3ccccc23)C(=O)O)Oc2ccc(Br)cc2)C1. The summed E-state index contributed by atoms with van der Waals surface area (Å²) in [6.07, 6.45) is 7.94. The van der Waals surface area contributed by atoms with Crippen LogP contribution in [-0.2, 0) is 20.3 Å². The molecule has 0 bridgehead atoms.